The summed E-state index contributed by atoms with van der Waals surface area (Å²) < 4.78 is 1.86. The summed E-state index contributed by atoms with van der Waals surface area (Å²) in [7, 11) is 0. The summed E-state index contributed by atoms with van der Waals surface area (Å²) in [5.41, 5.74) is 0.559. The highest BCUT2D eigenvalue weighted by atomic mass is 35.5. The number of benzene rings is 1. The van der Waals surface area contributed by atoms with Crippen molar-refractivity contribution in [2.75, 3.05) is 0 Å². The van der Waals surface area contributed by atoms with Crippen molar-refractivity contribution >= 4 is 29.6 Å². The van der Waals surface area contributed by atoms with Crippen molar-refractivity contribution in [2.45, 2.75) is 41.8 Å². The molecule has 1 aliphatic rings. The first-order chi connectivity index (χ1) is 9.79. The molecule has 3 rings (SSSR count). The molecule has 1 aliphatic carbocycles. The van der Waals surface area contributed by atoms with Gasteiger partial charge >= 0.3 is 0 Å². The molecule has 2 aromatic rings. The summed E-state index contributed by atoms with van der Waals surface area (Å²) in [5.74, 6) is 0. The first-order valence-corrected chi connectivity index (χ1v) is 7.68. The standard InChI is InChI=1S/C13H13ClN4OS/c14-11-7-3-4-9(8-19)12(11)20-13-15-16-17-18(13)10-5-1-2-6-10/h3-4,7-8,10H,1-2,5-6H2. The number of hydrogen-bond acceptors (Lipinski definition) is 5. The Labute approximate surface area is 125 Å². The van der Waals surface area contributed by atoms with E-state index in [2.05, 4.69) is 15.5 Å². The lowest BCUT2D eigenvalue weighted by molar-refractivity contribution is 0.112. The van der Waals surface area contributed by atoms with Crippen LogP contribution in [0, 0.1) is 0 Å². The predicted octanol–water partition coefficient (Wildman–Crippen LogP) is 3.41. The molecule has 104 valence electrons. The van der Waals surface area contributed by atoms with Gasteiger partial charge in [-0.3, -0.25) is 4.79 Å². The Kier molecular flexibility index (Phi) is 4.03. The number of nitrogens with zero attached hydrogens (tertiary/aromatic N) is 4. The summed E-state index contributed by atoms with van der Waals surface area (Å²) in [6.07, 6.45) is 5.42. The van der Waals surface area contributed by atoms with Gasteiger partial charge in [0.05, 0.1) is 11.1 Å². The Morgan fingerprint density at radius 1 is 1.35 bits per heavy atom. The molecule has 0 unspecified atom stereocenters. The maximum absolute atomic E-state index is 11.1. The predicted molar refractivity (Wildman–Crippen MR) is 76.3 cm³/mol. The number of aromatic nitrogens is 4. The molecule has 1 aromatic heterocycles. The minimum absolute atomic E-state index is 0.356. The zero-order chi connectivity index (χ0) is 13.9. The third-order valence-electron chi connectivity index (χ3n) is 3.45. The molecule has 1 saturated carbocycles. The summed E-state index contributed by atoms with van der Waals surface area (Å²) in [5, 5.41) is 13.1. The number of carbonyl (C=O) groups excluding carboxylic acids is 1. The lowest BCUT2D eigenvalue weighted by Crippen LogP contribution is -2.08. The number of rotatable bonds is 4. The SMILES string of the molecule is O=Cc1cccc(Cl)c1Sc1nnnn1C1CCCC1. The van der Waals surface area contributed by atoms with E-state index in [0.29, 0.717) is 26.7 Å². The summed E-state index contributed by atoms with van der Waals surface area (Å²) >= 11 is 7.53. The quantitative estimate of drug-likeness (QED) is 0.810. The molecule has 0 N–H and O–H groups in total. The highest BCUT2D eigenvalue weighted by Gasteiger charge is 2.23. The molecule has 1 aromatic carbocycles. The van der Waals surface area contributed by atoms with Crippen molar-refractivity contribution in [3.05, 3.63) is 28.8 Å². The van der Waals surface area contributed by atoms with Crippen LogP contribution in [0.15, 0.2) is 28.3 Å². The van der Waals surface area contributed by atoms with Gasteiger partial charge in [-0.25, -0.2) is 4.68 Å². The van der Waals surface area contributed by atoms with Crippen LogP contribution < -0.4 is 0 Å². The summed E-state index contributed by atoms with van der Waals surface area (Å²) in [6, 6.07) is 5.62. The van der Waals surface area contributed by atoms with E-state index < -0.39 is 0 Å². The first-order valence-electron chi connectivity index (χ1n) is 6.49. The minimum atomic E-state index is 0.356. The van der Waals surface area contributed by atoms with Crippen LogP contribution in [-0.2, 0) is 0 Å². The van der Waals surface area contributed by atoms with Gasteiger partial charge in [-0.15, -0.1) is 5.10 Å². The topological polar surface area (TPSA) is 60.7 Å². The molecule has 0 amide bonds. The fourth-order valence-electron chi connectivity index (χ4n) is 2.45. The minimum Gasteiger partial charge on any atom is -0.298 e. The van der Waals surface area contributed by atoms with E-state index in [1.165, 1.54) is 24.6 Å². The zero-order valence-corrected chi connectivity index (χ0v) is 12.3. The summed E-state index contributed by atoms with van der Waals surface area (Å²) in [4.78, 5) is 11.8. The van der Waals surface area contributed by atoms with Gasteiger partial charge in [0.2, 0.25) is 5.16 Å². The molecule has 5 nitrogen and oxygen atoms in total. The van der Waals surface area contributed by atoms with Crippen LogP contribution in [-0.4, -0.2) is 26.5 Å². The fourth-order valence-corrected chi connectivity index (χ4v) is 3.68. The first kappa shape index (κ1) is 13.6. The van der Waals surface area contributed by atoms with Gasteiger partial charge < -0.3 is 0 Å². The Balaban J connectivity index is 1.92. The van der Waals surface area contributed by atoms with E-state index in [9.17, 15) is 4.79 Å². The molecule has 0 atom stereocenters. The van der Waals surface area contributed by atoms with E-state index >= 15 is 0 Å². The van der Waals surface area contributed by atoms with Crippen LogP contribution in [0.25, 0.3) is 0 Å². The molecular weight excluding hydrogens is 296 g/mol. The Morgan fingerprint density at radius 2 is 2.15 bits per heavy atom. The molecule has 20 heavy (non-hydrogen) atoms. The van der Waals surface area contributed by atoms with Gasteiger partial charge in [-0.2, -0.15) is 0 Å². The second kappa shape index (κ2) is 5.93. The highest BCUT2D eigenvalue weighted by molar-refractivity contribution is 7.99. The third kappa shape index (κ3) is 2.58. The van der Waals surface area contributed by atoms with Crippen LogP contribution in [0.2, 0.25) is 5.02 Å². The second-order valence-electron chi connectivity index (χ2n) is 4.72. The normalized spacial score (nSPS) is 15.7. The van der Waals surface area contributed by atoms with Crippen LogP contribution in [0.5, 0.6) is 0 Å². The smallest absolute Gasteiger partial charge is 0.214 e. The molecule has 0 saturated heterocycles. The Morgan fingerprint density at radius 3 is 2.90 bits per heavy atom. The third-order valence-corrected chi connectivity index (χ3v) is 4.99. The average molecular weight is 309 g/mol. The monoisotopic (exact) mass is 308 g/mol. The van der Waals surface area contributed by atoms with Crippen molar-refractivity contribution in [3.8, 4) is 0 Å². The fraction of sp³-hybridized carbons (Fsp3) is 0.385. The highest BCUT2D eigenvalue weighted by Crippen LogP contribution is 2.37. The van der Waals surface area contributed by atoms with E-state index in [1.807, 2.05) is 4.68 Å². The van der Waals surface area contributed by atoms with Crippen molar-refractivity contribution in [2.24, 2.45) is 0 Å². The number of carbonyl (C=O) groups is 1. The molecule has 7 heteroatoms. The van der Waals surface area contributed by atoms with Crippen LogP contribution >= 0.6 is 23.4 Å². The summed E-state index contributed by atoms with van der Waals surface area (Å²) in [6.45, 7) is 0. The maximum atomic E-state index is 11.1. The van der Waals surface area contributed by atoms with Crippen LogP contribution in [0.4, 0.5) is 0 Å². The average Bonchev–Trinajstić information content (AvgIpc) is 3.11. The van der Waals surface area contributed by atoms with Crippen molar-refractivity contribution in [3.63, 3.8) is 0 Å². The van der Waals surface area contributed by atoms with Crippen LogP contribution in [0.3, 0.4) is 0 Å². The lowest BCUT2D eigenvalue weighted by Gasteiger charge is -2.11. The Hall–Kier alpha value is -1.40. The van der Waals surface area contributed by atoms with E-state index in [0.717, 1.165) is 19.1 Å². The van der Waals surface area contributed by atoms with E-state index in [-0.39, 0.29) is 0 Å². The molecule has 1 fully saturated rings. The van der Waals surface area contributed by atoms with Crippen molar-refractivity contribution in [1.82, 2.24) is 20.2 Å². The van der Waals surface area contributed by atoms with Crippen molar-refractivity contribution < 1.29 is 4.79 Å². The number of halogens is 1. The molecule has 0 spiro atoms. The largest absolute Gasteiger partial charge is 0.298 e. The van der Waals surface area contributed by atoms with Gasteiger partial charge in [0.1, 0.15) is 0 Å². The molecular formula is C13H13ClN4OS. The van der Waals surface area contributed by atoms with E-state index in [4.69, 9.17) is 11.6 Å². The molecule has 0 radical (unpaired) electrons. The van der Waals surface area contributed by atoms with Gasteiger partial charge in [0.25, 0.3) is 0 Å². The lowest BCUT2D eigenvalue weighted by atomic mass is 10.2. The zero-order valence-electron chi connectivity index (χ0n) is 10.7. The van der Waals surface area contributed by atoms with Gasteiger partial charge in [-0.1, -0.05) is 36.6 Å². The molecule has 0 aliphatic heterocycles. The number of hydrogen-bond donors (Lipinski definition) is 0. The van der Waals surface area contributed by atoms with Gasteiger partial charge in [0.15, 0.2) is 6.29 Å². The van der Waals surface area contributed by atoms with Crippen molar-refractivity contribution in [1.29, 1.82) is 0 Å². The molecule has 1 heterocycles. The van der Waals surface area contributed by atoms with Gasteiger partial charge in [-0.05, 0) is 41.1 Å². The van der Waals surface area contributed by atoms with Crippen LogP contribution in [0.1, 0.15) is 42.1 Å². The second-order valence-corrected chi connectivity index (χ2v) is 6.11. The number of tetrazole rings is 1. The number of aldehydes is 1. The Bertz CT molecular complexity index is 625. The van der Waals surface area contributed by atoms with E-state index in [1.54, 1.807) is 18.2 Å². The molecule has 0 bridgehead atoms. The van der Waals surface area contributed by atoms with Gasteiger partial charge in [0, 0.05) is 10.5 Å². The maximum Gasteiger partial charge on any atom is 0.214 e.